The molecular formula is C27H20Cl2N4O4. The predicted molar refractivity (Wildman–Crippen MR) is 143 cm³/mol. The summed E-state index contributed by atoms with van der Waals surface area (Å²) < 4.78 is 0. The minimum absolute atomic E-state index is 0.0721. The van der Waals surface area contributed by atoms with Crippen molar-refractivity contribution >= 4 is 40.3 Å². The minimum atomic E-state index is -0.493. The van der Waals surface area contributed by atoms with Crippen LogP contribution in [0, 0.1) is 20.2 Å². The topological polar surface area (TPSA) is 102 Å². The third-order valence-electron chi connectivity index (χ3n) is 6.61. The normalized spacial score (nSPS) is 17.1. The van der Waals surface area contributed by atoms with Crippen molar-refractivity contribution in [3.63, 3.8) is 0 Å². The number of rotatable bonds is 6. The fraction of sp³-hybridized carbons (Fsp3) is 0.148. The van der Waals surface area contributed by atoms with Gasteiger partial charge in [0.1, 0.15) is 10.0 Å². The van der Waals surface area contributed by atoms with E-state index in [9.17, 15) is 20.2 Å². The predicted octanol–water partition coefficient (Wildman–Crippen LogP) is 7.95. The number of halogens is 2. The van der Waals surface area contributed by atoms with Crippen molar-refractivity contribution in [2.75, 3.05) is 4.90 Å². The van der Waals surface area contributed by atoms with E-state index in [0.717, 1.165) is 28.1 Å². The molecule has 1 aliphatic rings. The number of anilines is 1. The van der Waals surface area contributed by atoms with Gasteiger partial charge in [-0.05, 0) is 60.4 Å². The van der Waals surface area contributed by atoms with Crippen molar-refractivity contribution < 1.29 is 9.85 Å². The molecule has 1 aromatic heterocycles. The zero-order chi connectivity index (χ0) is 26.1. The Morgan fingerprint density at radius 3 is 1.76 bits per heavy atom. The maximum atomic E-state index is 11.6. The van der Waals surface area contributed by atoms with Crippen molar-refractivity contribution in [3.05, 3.63) is 126 Å². The summed E-state index contributed by atoms with van der Waals surface area (Å²) in [6.07, 6.45) is 3.10. The maximum Gasteiger partial charge on any atom is 0.288 e. The highest BCUT2D eigenvalue weighted by Crippen LogP contribution is 2.48. The van der Waals surface area contributed by atoms with Crippen LogP contribution in [-0.2, 0) is 0 Å². The van der Waals surface area contributed by atoms with Gasteiger partial charge in [-0.15, -0.1) is 0 Å². The van der Waals surface area contributed by atoms with Crippen LogP contribution in [0.5, 0.6) is 0 Å². The molecule has 0 unspecified atom stereocenters. The molecule has 186 valence electrons. The summed E-state index contributed by atoms with van der Waals surface area (Å²) in [5.41, 5.74) is 3.84. The Balaban J connectivity index is 1.59. The molecule has 0 bridgehead atoms. The zero-order valence-corrected chi connectivity index (χ0v) is 20.8. The number of nitrogens with zero attached hydrogens (tertiary/aromatic N) is 4. The molecule has 2 atom stereocenters. The van der Waals surface area contributed by atoms with E-state index in [1.807, 2.05) is 42.5 Å². The number of nitro benzene ring substituents is 2. The van der Waals surface area contributed by atoms with Crippen LogP contribution in [0.25, 0.3) is 11.3 Å². The van der Waals surface area contributed by atoms with Crippen molar-refractivity contribution in [3.8, 4) is 11.3 Å². The Bertz CT molecular complexity index is 1410. The molecule has 0 N–H and O–H groups in total. The second kappa shape index (κ2) is 10.2. The van der Waals surface area contributed by atoms with Crippen molar-refractivity contribution in [2.45, 2.75) is 24.9 Å². The largest absolute Gasteiger partial charge is 0.357 e. The summed E-state index contributed by atoms with van der Waals surface area (Å²) >= 11 is 12.2. The highest BCUT2D eigenvalue weighted by molar-refractivity contribution is 6.33. The second-order valence-corrected chi connectivity index (χ2v) is 9.53. The molecule has 5 rings (SSSR count). The van der Waals surface area contributed by atoms with Gasteiger partial charge in [-0.1, -0.05) is 53.5 Å². The molecule has 1 fully saturated rings. The van der Waals surface area contributed by atoms with Crippen molar-refractivity contribution in [1.82, 2.24) is 4.98 Å². The van der Waals surface area contributed by atoms with Gasteiger partial charge in [-0.2, -0.15) is 0 Å². The van der Waals surface area contributed by atoms with Gasteiger partial charge in [-0.25, -0.2) is 0 Å². The fourth-order valence-electron chi connectivity index (χ4n) is 4.92. The lowest BCUT2D eigenvalue weighted by Crippen LogP contribution is -2.26. The van der Waals surface area contributed by atoms with Gasteiger partial charge in [0.25, 0.3) is 11.4 Å². The van der Waals surface area contributed by atoms with E-state index in [0.29, 0.717) is 12.8 Å². The molecule has 1 aliphatic heterocycles. The SMILES string of the molecule is O=[N+]([O-])c1cc([C@H]2CC[C@H](c3ccc(Cl)c([N+](=O)[O-])c3)N2c2ccc(-c3ccccn3)cc2)ccc1Cl. The van der Waals surface area contributed by atoms with Gasteiger partial charge < -0.3 is 4.90 Å². The lowest BCUT2D eigenvalue weighted by Gasteiger charge is -2.33. The number of aromatic nitrogens is 1. The van der Waals surface area contributed by atoms with Crippen LogP contribution < -0.4 is 4.90 Å². The average molecular weight is 535 g/mol. The molecule has 8 nitrogen and oxygen atoms in total. The summed E-state index contributed by atoms with van der Waals surface area (Å²) in [5.74, 6) is 0. The first kappa shape index (κ1) is 24.7. The van der Waals surface area contributed by atoms with E-state index >= 15 is 0 Å². The zero-order valence-electron chi connectivity index (χ0n) is 19.3. The summed E-state index contributed by atoms with van der Waals surface area (Å²) in [6.45, 7) is 0. The Kier molecular flexibility index (Phi) is 6.78. The van der Waals surface area contributed by atoms with Gasteiger partial charge in [0.2, 0.25) is 0 Å². The summed E-state index contributed by atoms with van der Waals surface area (Å²) in [7, 11) is 0. The van der Waals surface area contributed by atoms with E-state index in [1.54, 1.807) is 18.3 Å². The fourth-order valence-corrected chi connectivity index (χ4v) is 5.29. The third kappa shape index (κ3) is 4.85. The van der Waals surface area contributed by atoms with Crippen LogP contribution >= 0.6 is 23.2 Å². The molecular weight excluding hydrogens is 515 g/mol. The molecule has 0 spiro atoms. The molecule has 0 amide bonds. The van der Waals surface area contributed by atoms with Gasteiger partial charge >= 0.3 is 0 Å². The Morgan fingerprint density at radius 2 is 1.30 bits per heavy atom. The molecule has 3 aromatic carbocycles. The minimum Gasteiger partial charge on any atom is -0.357 e. The molecule has 1 saturated heterocycles. The van der Waals surface area contributed by atoms with Gasteiger partial charge in [0.05, 0.1) is 27.6 Å². The van der Waals surface area contributed by atoms with Crippen LogP contribution in [0.1, 0.15) is 36.1 Å². The molecule has 0 aliphatic carbocycles. The van der Waals surface area contributed by atoms with E-state index < -0.39 is 9.85 Å². The highest BCUT2D eigenvalue weighted by Gasteiger charge is 2.37. The van der Waals surface area contributed by atoms with E-state index in [4.69, 9.17) is 23.2 Å². The van der Waals surface area contributed by atoms with Crippen LogP contribution in [-0.4, -0.2) is 14.8 Å². The highest BCUT2D eigenvalue weighted by atomic mass is 35.5. The quantitative estimate of drug-likeness (QED) is 0.183. The molecule has 10 heteroatoms. The van der Waals surface area contributed by atoms with E-state index in [-0.39, 0.29) is 33.5 Å². The Labute approximate surface area is 222 Å². The summed E-state index contributed by atoms with van der Waals surface area (Å²) in [6, 6.07) is 22.9. The number of pyridine rings is 1. The van der Waals surface area contributed by atoms with Gasteiger partial charge in [-0.3, -0.25) is 25.2 Å². The van der Waals surface area contributed by atoms with Crippen LogP contribution in [0.15, 0.2) is 85.1 Å². The first-order valence-corrected chi connectivity index (χ1v) is 12.3. The number of hydrogen-bond acceptors (Lipinski definition) is 6. The molecule has 2 heterocycles. The first-order chi connectivity index (χ1) is 17.8. The monoisotopic (exact) mass is 534 g/mol. The number of benzene rings is 3. The number of nitro groups is 2. The van der Waals surface area contributed by atoms with Crippen molar-refractivity contribution in [1.29, 1.82) is 0 Å². The summed E-state index contributed by atoms with van der Waals surface area (Å²) in [5, 5.41) is 23.3. The lowest BCUT2D eigenvalue weighted by atomic mass is 10.0. The number of hydrogen-bond donors (Lipinski definition) is 0. The average Bonchev–Trinajstić information content (AvgIpc) is 3.34. The first-order valence-electron chi connectivity index (χ1n) is 11.5. The van der Waals surface area contributed by atoms with Crippen LogP contribution in [0.4, 0.5) is 17.1 Å². The standard InChI is InChI=1S/C27H20Cl2N4O4/c28-21-10-6-18(15-26(21)32(34)35)24-12-13-25(19-7-11-22(29)27(16-19)33(36)37)31(24)20-8-4-17(5-9-20)23-3-1-2-14-30-23/h1-11,14-16,24-25H,12-13H2/t24-,25-/m1/s1. The van der Waals surface area contributed by atoms with Crippen LogP contribution in [0.3, 0.4) is 0 Å². The third-order valence-corrected chi connectivity index (χ3v) is 7.25. The van der Waals surface area contributed by atoms with Crippen molar-refractivity contribution in [2.24, 2.45) is 0 Å². The lowest BCUT2D eigenvalue weighted by molar-refractivity contribution is -0.384. The van der Waals surface area contributed by atoms with Gasteiger partial charge in [0.15, 0.2) is 0 Å². The van der Waals surface area contributed by atoms with Crippen LogP contribution in [0.2, 0.25) is 10.0 Å². The molecule has 4 aromatic rings. The smallest absolute Gasteiger partial charge is 0.288 e. The Morgan fingerprint density at radius 1 is 0.757 bits per heavy atom. The van der Waals surface area contributed by atoms with E-state index in [2.05, 4.69) is 9.88 Å². The molecule has 0 saturated carbocycles. The second-order valence-electron chi connectivity index (χ2n) is 8.71. The maximum absolute atomic E-state index is 11.6. The van der Waals surface area contributed by atoms with E-state index in [1.165, 1.54) is 24.3 Å². The summed E-state index contributed by atoms with van der Waals surface area (Å²) in [4.78, 5) is 28.7. The van der Waals surface area contributed by atoms with Gasteiger partial charge in [0, 0.05) is 29.6 Å². The molecule has 37 heavy (non-hydrogen) atoms. The Hall–Kier alpha value is -4.01. The molecule has 0 radical (unpaired) electrons.